The van der Waals surface area contributed by atoms with Crippen molar-refractivity contribution in [3.05, 3.63) is 40.3 Å². The van der Waals surface area contributed by atoms with Gasteiger partial charge in [0.2, 0.25) is 6.61 Å². The largest absolute Gasteiger partial charge is 0.479 e. The summed E-state index contributed by atoms with van der Waals surface area (Å²) >= 11 is 0. The lowest BCUT2D eigenvalue weighted by Crippen LogP contribution is -2.58. The molecule has 1 aromatic carbocycles. The Morgan fingerprint density at radius 2 is 1.63 bits per heavy atom. The van der Waals surface area contributed by atoms with Crippen molar-refractivity contribution in [1.82, 2.24) is 14.5 Å². The van der Waals surface area contributed by atoms with Gasteiger partial charge in [0.05, 0.1) is 11.0 Å². The molecule has 0 radical (unpaired) electrons. The number of rotatable bonds is 6. The number of para-hydroxylation sites is 2. The molecule has 4 aliphatic rings. The SMILES string of the molecule is CC(=NOCC(=O)O)c1nc2ccccc2n(C2CC3CCCC(C2)N3C2CC3CCCCC(C3)C2)c1=O. The molecule has 8 heteroatoms. The standard InChI is InChI=1S/C30H40N4O4/c1-19(32-38-18-28(35)36)29-30(37)34(27-12-5-4-11-26(27)31-29)25-16-22-9-6-10-23(17-25)33(22)24-14-20-7-2-3-8-21(13-20)15-24/h4-5,11-12,20-25H,2-3,6-10,13-18H2,1H3,(H,35,36). The first-order chi connectivity index (χ1) is 18.5. The fourth-order valence-electron chi connectivity index (χ4n) is 8.29. The topological polar surface area (TPSA) is 97.0 Å². The number of oxime groups is 1. The maximum Gasteiger partial charge on any atom is 0.344 e. The second-order valence-corrected chi connectivity index (χ2v) is 12.2. The van der Waals surface area contributed by atoms with E-state index >= 15 is 0 Å². The highest BCUT2D eigenvalue weighted by Gasteiger charge is 2.45. The maximum atomic E-state index is 13.9. The predicted molar refractivity (Wildman–Crippen MR) is 146 cm³/mol. The third kappa shape index (κ3) is 4.99. The van der Waals surface area contributed by atoms with Crippen LogP contribution < -0.4 is 5.56 Å². The molecule has 1 N–H and O–H groups in total. The molecular formula is C30H40N4O4. The number of nitrogens with zero attached hydrogens (tertiary/aromatic N) is 4. The van der Waals surface area contributed by atoms with Crippen LogP contribution in [-0.4, -0.2) is 56.0 Å². The Bertz CT molecular complexity index is 1240. The molecule has 3 heterocycles. The summed E-state index contributed by atoms with van der Waals surface area (Å²) in [4.78, 5) is 37.3. The van der Waals surface area contributed by atoms with Gasteiger partial charge in [-0.2, -0.15) is 0 Å². The molecule has 204 valence electrons. The van der Waals surface area contributed by atoms with Gasteiger partial charge < -0.3 is 14.5 Å². The summed E-state index contributed by atoms with van der Waals surface area (Å²) in [5.74, 6) is 0.695. The second-order valence-electron chi connectivity index (χ2n) is 12.2. The van der Waals surface area contributed by atoms with Crippen LogP contribution in [0.15, 0.2) is 34.2 Å². The Labute approximate surface area is 224 Å². The predicted octanol–water partition coefficient (Wildman–Crippen LogP) is 5.14. The molecule has 1 aromatic heterocycles. The van der Waals surface area contributed by atoms with Gasteiger partial charge in [-0.25, -0.2) is 9.78 Å². The number of aromatic nitrogens is 2. The zero-order valence-electron chi connectivity index (χ0n) is 22.4. The zero-order chi connectivity index (χ0) is 26.2. The molecule has 6 rings (SSSR count). The van der Waals surface area contributed by atoms with Gasteiger partial charge in [-0.1, -0.05) is 49.4 Å². The van der Waals surface area contributed by atoms with E-state index in [2.05, 4.69) is 15.0 Å². The number of carbonyl (C=O) groups is 1. The van der Waals surface area contributed by atoms with E-state index in [1.807, 2.05) is 28.8 Å². The molecule has 2 saturated heterocycles. The Kier molecular flexibility index (Phi) is 7.25. The number of benzene rings is 1. The van der Waals surface area contributed by atoms with Crippen molar-refractivity contribution >= 4 is 22.7 Å². The van der Waals surface area contributed by atoms with E-state index in [-0.39, 0.29) is 17.3 Å². The number of fused-ring (bicyclic) bond motifs is 5. The highest BCUT2D eigenvalue weighted by atomic mass is 16.6. The minimum absolute atomic E-state index is 0.110. The molecule has 8 nitrogen and oxygen atoms in total. The van der Waals surface area contributed by atoms with Crippen LogP contribution in [0.4, 0.5) is 0 Å². The minimum Gasteiger partial charge on any atom is -0.479 e. The van der Waals surface area contributed by atoms with Gasteiger partial charge in [0.25, 0.3) is 5.56 Å². The van der Waals surface area contributed by atoms with E-state index in [4.69, 9.17) is 9.94 Å². The first-order valence-corrected chi connectivity index (χ1v) is 14.7. The molecule has 4 unspecified atom stereocenters. The van der Waals surface area contributed by atoms with Gasteiger partial charge in [-0.3, -0.25) is 9.69 Å². The van der Waals surface area contributed by atoms with Crippen LogP contribution in [0.2, 0.25) is 0 Å². The quantitative estimate of drug-likeness (QED) is 0.419. The first kappa shape index (κ1) is 25.5. The van der Waals surface area contributed by atoms with E-state index in [0.717, 1.165) is 35.7 Å². The molecule has 4 atom stereocenters. The zero-order valence-corrected chi connectivity index (χ0v) is 22.4. The van der Waals surface area contributed by atoms with Crippen LogP contribution in [0.3, 0.4) is 0 Å². The Balaban J connectivity index is 1.31. The lowest BCUT2D eigenvalue weighted by molar-refractivity contribution is -0.142. The summed E-state index contributed by atoms with van der Waals surface area (Å²) in [5, 5.41) is 12.8. The number of aliphatic carboxylic acids is 1. The molecule has 2 aliphatic carbocycles. The third-order valence-corrected chi connectivity index (χ3v) is 9.67. The van der Waals surface area contributed by atoms with Gasteiger partial charge in [-0.15, -0.1) is 0 Å². The molecule has 2 aliphatic heterocycles. The number of carboxylic acids is 1. The van der Waals surface area contributed by atoms with Crippen molar-refractivity contribution in [3.8, 4) is 0 Å². The summed E-state index contributed by atoms with van der Waals surface area (Å²) in [5.41, 5.74) is 1.99. The van der Waals surface area contributed by atoms with Gasteiger partial charge >= 0.3 is 5.97 Å². The van der Waals surface area contributed by atoms with Crippen molar-refractivity contribution in [1.29, 1.82) is 0 Å². The van der Waals surface area contributed by atoms with Crippen LogP contribution in [0.5, 0.6) is 0 Å². The average Bonchev–Trinajstić information content (AvgIpc) is 3.06. The second kappa shape index (κ2) is 10.8. The molecule has 4 fully saturated rings. The van der Waals surface area contributed by atoms with Crippen LogP contribution in [-0.2, 0) is 9.63 Å². The Hall–Kier alpha value is -2.74. The van der Waals surface area contributed by atoms with E-state index in [9.17, 15) is 9.59 Å². The monoisotopic (exact) mass is 520 g/mol. The van der Waals surface area contributed by atoms with Crippen LogP contribution >= 0.6 is 0 Å². The first-order valence-electron chi connectivity index (χ1n) is 14.7. The van der Waals surface area contributed by atoms with E-state index < -0.39 is 12.6 Å². The van der Waals surface area contributed by atoms with Crippen LogP contribution in [0, 0.1) is 11.8 Å². The van der Waals surface area contributed by atoms with E-state index in [0.29, 0.717) is 23.8 Å². The summed E-state index contributed by atoms with van der Waals surface area (Å²) < 4.78 is 1.97. The summed E-state index contributed by atoms with van der Waals surface area (Å²) in [7, 11) is 0. The van der Waals surface area contributed by atoms with Gasteiger partial charge in [0.1, 0.15) is 5.71 Å². The molecule has 0 amide bonds. The Morgan fingerprint density at radius 3 is 2.32 bits per heavy atom. The van der Waals surface area contributed by atoms with E-state index in [1.54, 1.807) is 6.92 Å². The molecule has 4 bridgehead atoms. The minimum atomic E-state index is -1.11. The third-order valence-electron chi connectivity index (χ3n) is 9.67. The molecule has 2 saturated carbocycles. The molecular weight excluding hydrogens is 480 g/mol. The summed E-state index contributed by atoms with van der Waals surface area (Å²) in [6.07, 6.45) is 15.5. The van der Waals surface area contributed by atoms with Crippen LogP contribution in [0.25, 0.3) is 11.0 Å². The summed E-state index contributed by atoms with van der Waals surface area (Å²) in [6, 6.07) is 9.68. The fraction of sp³-hybridized carbons (Fsp3) is 0.667. The maximum absolute atomic E-state index is 13.9. The normalized spacial score (nSPS) is 32.1. The van der Waals surface area contributed by atoms with Crippen molar-refractivity contribution in [2.45, 2.75) is 108 Å². The Morgan fingerprint density at radius 1 is 0.947 bits per heavy atom. The average molecular weight is 521 g/mol. The van der Waals surface area contributed by atoms with Crippen LogP contribution in [0.1, 0.15) is 95.7 Å². The number of hydrogen-bond donors (Lipinski definition) is 1. The summed E-state index contributed by atoms with van der Waals surface area (Å²) in [6.45, 7) is 1.11. The van der Waals surface area contributed by atoms with Gasteiger partial charge in [0.15, 0.2) is 5.69 Å². The lowest BCUT2D eigenvalue weighted by Gasteiger charge is -2.54. The van der Waals surface area contributed by atoms with Crippen molar-refractivity contribution in [2.75, 3.05) is 6.61 Å². The van der Waals surface area contributed by atoms with Crippen molar-refractivity contribution in [2.24, 2.45) is 17.0 Å². The number of piperidine rings is 2. The molecule has 38 heavy (non-hydrogen) atoms. The smallest absolute Gasteiger partial charge is 0.344 e. The lowest BCUT2D eigenvalue weighted by atomic mass is 9.73. The van der Waals surface area contributed by atoms with Gasteiger partial charge in [-0.05, 0) is 75.8 Å². The van der Waals surface area contributed by atoms with Gasteiger partial charge in [0, 0.05) is 24.2 Å². The fourth-order valence-corrected chi connectivity index (χ4v) is 8.29. The highest BCUT2D eigenvalue weighted by molar-refractivity contribution is 5.97. The molecule has 2 aromatic rings. The number of hydrogen-bond acceptors (Lipinski definition) is 6. The van der Waals surface area contributed by atoms with Crippen molar-refractivity contribution < 1.29 is 14.7 Å². The van der Waals surface area contributed by atoms with E-state index in [1.165, 1.54) is 64.2 Å². The van der Waals surface area contributed by atoms with Crippen molar-refractivity contribution in [3.63, 3.8) is 0 Å². The highest BCUT2D eigenvalue weighted by Crippen LogP contribution is 2.46. The number of carboxylic acid groups (broad SMARTS) is 1. The molecule has 0 spiro atoms.